The maximum Gasteiger partial charge on any atom is 0.410 e. The van der Waals surface area contributed by atoms with Crippen molar-refractivity contribution in [2.24, 2.45) is 0 Å². The highest BCUT2D eigenvalue weighted by Gasteiger charge is 2.20. The monoisotopic (exact) mass is 313 g/mol. The van der Waals surface area contributed by atoms with Crippen molar-refractivity contribution in [1.82, 2.24) is 4.90 Å². The molecule has 0 aromatic heterocycles. The van der Waals surface area contributed by atoms with E-state index in [1.165, 1.54) is 0 Å². The number of amides is 1. The lowest BCUT2D eigenvalue weighted by Gasteiger charge is -2.25. The molecule has 0 aliphatic carbocycles. The van der Waals surface area contributed by atoms with Crippen LogP contribution in [0.2, 0.25) is 0 Å². The molecule has 0 atom stereocenters. The summed E-state index contributed by atoms with van der Waals surface area (Å²) in [5.41, 5.74) is 1.79. The Morgan fingerprint density at radius 1 is 1.39 bits per heavy atom. The molecule has 4 heteroatoms. The predicted octanol–water partition coefficient (Wildman–Crippen LogP) is 4.12. The van der Waals surface area contributed by atoms with Crippen LogP contribution in [0.5, 0.6) is 0 Å². The lowest BCUT2D eigenvalue weighted by molar-refractivity contribution is 0.0285. The molecule has 18 heavy (non-hydrogen) atoms. The minimum atomic E-state index is -0.461. The molecule has 1 rings (SSSR count). The van der Waals surface area contributed by atoms with Crippen molar-refractivity contribution in [3.8, 4) is 0 Å². The van der Waals surface area contributed by atoms with Gasteiger partial charge in [0, 0.05) is 18.1 Å². The lowest BCUT2D eigenvalue weighted by atomic mass is 10.1. The molecule has 0 bridgehead atoms. The van der Waals surface area contributed by atoms with Crippen LogP contribution in [0.3, 0.4) is 0 Å². The summed E-state index contributed by atoms with van der Waals surface area (Å²) in [5, 5.41) is 0. The number of benzene rings is 1. The van der Waals surface area contributed by atoms with Gasteiger partial charge in [-0.25, -0.2) is 4.79 Å². The highest BCUT2D eigenvalue weighted by atomic mass is 79.9. The highest BCUT2D eigenvalue weighted by molar-refractivity contribution is 9.10. The molecule has 0 spiro atoms. The molecule has 0 radical (unpaired) electrons. The Kier molecular flexibility index (Phi) is 4.79. The molecular formula is C14H20BrNO2. The van der Waals surface area contributed by atoms with Crippen molar-refractivity contribution in [2.45, 2.75) is 39.8 Å². The van der Waals surface area contributed by atoms with Crippen molar-refractivity contribution in [3.63, 3.8) is 0 Å². The van der Waals surface area contributed by atoms with Gasteiger partial charge in [0.05, 0.1) is 0 Å². The van der Waals surface area contributed by atoms with E-state index in [4.69, 9.17) is 4.74 Å². The Morgan fingerprint density at radius 3 is 2.56 bits per heavy atom. The third-order valence-corrected chi connectivity index (χ3v) is 3.35. The highest BCUT2D eigenvalue weighted by Crippen LogP contribution is 2.21. The topological polar surface area (TPSA) is 29.5 Å². The second kappa shape index (κ2) is 5.74. The van der Waals surface area contributed by atoms with Crippen LogP contribution >= 0.6 is 15.9 Å². The van der Waals surface area contributed by atoms with Crippen LogP contribution in [0, 0.1) is 6.92 Å². The predicted molar refractivity (Wildman–Crippen MR) is 76.6 cm³/mol. The molecule has 0 N–H and O–H groups in total. The van der Waals surface area contributed by atoms with Crippen LogP contribution in [0.1, 0.15) is 31.9 Å². The average molecular weight is 314 g/mol. The Labute approximate surface area is 117 Å². The molecule has 0 heterocycles. The van der Waals surface area contributed by atoms with Crippen LogP contribution in [0.25, 0.3) is 0 Å². The summed E-state index contributed by atoms with van der Waals surface area (Å²) >= 11 is 3.49. The molecule has 0 fully saturated rings. The summed E-state index contributed by atoms with van der Waals surface area (Å²) in [7, 11) is 1.74. The second-order valence-corrected chi connectivity index (χ2v) is 6.21. The van der Waals surface area contributed by atoms with Crippen LogP contribution in [-0.4, -0.2) is 23.6 Å². The first kappa shape index (κ1) is 15.0. The van der Waals surface area contributed by atoms with Crippen LogP contribution in [0.4, 0.5) is 4.79 Å². The molecule has 1 aromatic carbocycles. The van der Waals surface area contributed by atoms with Gasteiger partial charge in [0.1, 0.15) is 5.60 Å². The summed E-state index contributed by atoms with van der Waals surface area (Å²) in [6, 6.07) is 5.97. The van der Waals surface area contributed by atoms with E-state index in [9.17, 15) is 4.79 Å². The fourth-order valence-electron chi connectivity index (χ4n) is 1.48. The molecule has 0 unspecified atom stereocenters. The third-order valence-electron chi connectivity index (χ3n) is 2.49. The van der Waals surface area contributed by atoms with Crippen LogP contribution in [-0.2, 0) is 11.3 Å². The van der Waals surface area contributed by atoms with E-state index in [-0.39, 0.29) is 6.09 Å². The molecule has 0 saturated heterocycles. The van der Waals surface area contributed by atoms with Crippen molar-refractivity contribution in [3.05, 3.63) is 33.8 Å². The molecular weight excluding hydrogens is 294 g/mol. The largest absolute Gasteiger partial charge is 0.444 e. The van der Waals surface area contributed by atoms with Gasteiger partial charge >= 0.3 is 6.09 Å². The third kappa shape index (κ3) is 4.33. The van der Waals surface area contributed by atoms with Crippen molar-refractivity contribution in [1.29, 1.82) is 0 Å². The standard InChI is InChI=1S/C14H20BrNO2/c1-10-11(7-6-8-12(10)15)9-16(5)13(17)18-14(2,3)4/h6-8H,9H2,1-5H3. The van der Waals surface area contributed by atoms with Gasteiger partial charge in [0.2, 0.25) is 0 Å². The Morgan fingerprint density at radius 2 is 2.00 bits per heavy atom. The quantitative estimate of drug-likeness (QED) is 0.821. The lowest BCUT2D eigenvalue weighted by Crippen LogP contribution is -2.33. The number of rotatable bonds is 2. The van der Waals surface area contributed by atoms with Crippen molar-refractivity contribution < 1.29 is 9.53 Å². The number of hydrogen-bond acceptors (Lipinski definition) is 2. The van der Waals surface area contributed by atoms with E-state index in [1.54, 1.807) is 11.9 Å². The van der Waals surface area contributed by atoms with Gasteiger partial charge in [-0.2, -0.15) is 0 Å². The van der Waals surface area contributed by atoms with Gasteiger partial charge in [-0.3, -0.25) is 0 Å². The first-order valence-corrected chi connectivity index (χ1v) is 6.68. The van der Waals surface area contributed by atoms with E-state index < -0.39 is 5.60 Å². The first-order chi connectivity index (χ1) is 8.20. The smallest absolute Gasteiger partial charge is 0.410 e. The van der Waals surface area contributed by atoms with Gasteiger partial charge in [-0.1, -0.05) is 28.1 Å². The summed E-state index contributed by atoms with van der Waals surface area (Å²) in [6.45, 7) is 8.16. The second-order valence-electron chi connectivity index (χ2n) is 5.36. The molecule has 0 saturated carbocycles. The average Bonchev–Trinajstić information content (AvgIpc) is 2.22. The summed E-state index contributed by atoms with van der Waals surface area (Å²) in [6.07, 6.45) is -0.304. The zero-order valence-corrected chi connectivity index (χ0v) is 13.2. The fourth-order valence-corrected chi connectivity index (χ4v) is 1.89. The van der Waals surface area contributed by atoms with Gasteiger partial charge in [-0.05, 0) is 44.9 Å². The zero-order valence-electron chi connectivity index (χ0n) is 11.6. The van der Waals surface area contributed by atoms with Gasteiger partial charge in [0.15, 0.2) is 0 Å². The molecule has 1 aromatic rings. The van der Waals surface area contributed by atoms with Crippen LogP contribution < -0.4 is 0 Å². The number of hydrogen-bond donors (Lipinski definition) is 0. The maximum atomic E-state index is 11.9. The van der Waals surface area contributed by atoms with E-state index in [2.05, 4.69) is 15.9 Å². The fraction of sp³-hybridized carbons (Fsp3) is 0.500. The Bertz CT molecular complexity index is 438. The number of carbonyl (C=O) groups excluding carboxylic acids is 1. The molecule has 0 aliphatic heterocycles. The van der Waals surface area contributed by atoms with E-state index in [1.807, 2.05) is 45.9 Å². The first-order valence-electron chi connectivity index (χ1n) is 5.89. The number of halogens is 1. The van der Waals surface area contributed by atoms with E-state index in [0.717, 1.165) is 15.6 Å². The van der Waals surface area contributed by atoms with Gasteiger partial charge < -0.3 is 9.64 Å². The minimum Gasteiger partial charge on any atom is -0.444 e. The summed E-state index contributed by atoms with van der Waals surface area (Å²) < 4.78 is 6.37. The van der Waals surface area contributed by atoms with E-state index in [0.29, 0.717) is 6.54 Å². The molecule has 1 amide bonds. The Balaban J connectivity index is 2.73. The van der Waals surface area contributed by atoms with Crippen LogP contribution in [0.15, 0.2) is 22.7 Å². The maximum absolute atomic E-state index is 11.9. The SMILES string of the molecule is Cc1c(Br)cccc1CN(C)C(=O)OC(C)(C)C. The summed E-state index contributed by atoms with van der Waals surface area (Å²) in [5.74, 6) is 0. The minimum absolute atomic E-state index is 0.304. The number of carbonyl (C=O) groups is 1. The zero-order chi connectivity index (χ0) is 13.9. The van der Waals surface area contributed by atoms with Gasteiger partial charge in [0.25, 0.3) is 0 Å². The Hall–Kier alpha value is -1.03. The van der Waals surface area contributed by atoms with E-state index >= 15 is 0 Å². The van der Waals surface area contributed by atoms with Crippen molar-refractivity contribution in [2.75, 3.05) is 7.05 Å². The molecule has 0 aliphatic rings. The normalized spacial score (nSPS) is 11.2. The molecule has 100 valence electrons. The number of ether oxygens (including phenoxy) is 1. The molecule has 3 nitrogen and oxygen atoms in total. The summed E-state index contributed by atoms with van der Waals surface area (Å²) in [4.78, 5) is 13.4. The van der Waals surface area contributed by atoms with Crippen molar-refractivity contribution >= 4 is 22.0 Å². The van der Waals surface area contributed by atoms with Gasteiger partial charge in [-0.15, -0.1) is 0 Å². The number of nitrogens with zero attached hydrogens (tertiary/aromatic N) is 1.